The van der Waals surface area contributed by atoms with E-state index < -0.39 is 0 Å². The molecule has 122 valence electrons. The number of hydrogen-bond donors (Lipinski definition) is 2. The van der Waals surface area contributed by atoms with Gasteiger partial charge < -0.3 is 15.3 Å². The van der Waals surface area contributed by atoms with Crippen LogP contribution in [0.2, 0.25) is 0 Å². The molecule has 0 saturated heterocycles. The number of aliphatic hydroxyl groups is 1. The highest BCUT2D eigenvalue weighted by Crippen LogP contribution is 2.17. The molecule has 0 saturated carbocycles. The van der Waals surface area contributed by atoms with Gasteiger partial charge in [0.1, 0.15) is 0 Å². The van der Waals surface area contributed by atoms with Crippen molar-refractivity contribution in [3.63, 3.8) is 0 Å². The molecule has 0 fully saturated rings. The first-order chi connectivity index (χ1) is 11.1. The van der Waals surface area contributed by atoms with Crippen LogP contribution < -0.4 is 5.32 Å². The normalized spacial score (nSPS) is 12.0. The molecule has 5 heteroatoms. The molecule has 2 aromatic rings. The summed E-state index contributed by atoms with van der Waals surface area (Å²) in [6.45, 7) is 4.37. The topological polar surface area (TPSA) is 65.5 Å². The summed E-state index contributed by atoms with van der Waals surface area (Å²) in [7, 11) is 0. The summed E-state index contributed by atoms with van der Waals surface area (Å²) in [4.78, 5) is 18.3. The SMILES string of the molecule is CC(C)C(CO)N(Cc1ccccc1)C(=O)Nc1ccncc1. The van der Waals surface area contributed by atoms with Crippen molar-refractivity contribution < 1.29 is 9.90 Å². The molecule has 1 heterocycles. The van der Waals surface area contributed by atoms with E-state index in [1.165, 1.54) is 0 Å². The van der Waals surface area contributed by atoms with E-state index in [1.54, 1.807) is 29.4 Å². The van der Waals surface area contributed by atoms with Crippen LogP contribution in [0.1, 0.15) is 19.4 Å². The minimum Gasteiger partial charge on any atom is -0.394 e. The quantitative estimate of drug-likeness (QED) is 0.861. The first-order valence-corrected chi connectivity index (χ1v) is 7.74. The number of aromatic nitrogens is 1. The Labute approximate surface area is 137 Å². The van der Waals surface area contributed by atoms with Crippen molar-refractivity contribution in [2.75, 3.05) is 11.9 Å². The summed E-state index contributed by atoms with van der Waals surface area (Å²) in [6, 6.07) is 12.8. The van der Waals surface area contributed by atoms with Gasteiger partial charge in [-0.05, 0) is 23.6 Å². The van der Waals surface area contributed by atoms with Gasteiger partial charge in [0.15, 0.2) is 0 Å². The fraction of sp³-hybridized carbons (Fsp3) is 0.333. The van der Waals surface area contributed by atoms with E-state index in [4.69, 9.17) is 0 Å². The number of nitrogens with one attached hydrogen (secondary N) is 1. The van der Waals surface area contributed by atoms with Crippen LogP contribution in [-0.2, 0) is 6.54 Å². The molecule has 5 nitrogen and oxygen atoms in total. The Bertz CT molecular complexity index is 602. The van der Waals surface area contributed by atoms with Crippen LogP contribution in [-0.4, -0.2) is 33.7 Å². The summed E-state index contributed by atoms with van der Waals surface area (Å²) in [5.41, 5.74) is 1.71. The Morgan fingerprint density at radius 3 is 2.39 bits per heavy atom. The lowest BCUT2D eigenvalue weighted by atomic mass is 10.0. The number of nitrogens with zero attached hydrogens (tertiary/aromatic N) is 2. The van der Waals surface area contributed by atoms with E-state index in [-0.39, 0.29) is 24.6 Å². The molecule has 23 heavy (non-hydrogen) atoms. The van der Waals surface area contributed by atoms with Gasteiger partial charge in [0.05, 0.1) is 12.6 Å². The van der Waals surface area contributed by atoms with Crippen molar-refractivity contribution in [1.82, 2.24) is 9.88 Å². The predicted molar refractivity (Wildman–Crippen MR) is 91.0 cm³/mol. The third-order valence-corrected chi connectivity index (χ3v) is 3.75. The Balaban J connectivity index is 2.19. The van der Waals surface area contributed by atoms with Crippen LogP contribution in [0.5, 0.6) is 0 Å². The third kappa shape index (κ3) is 4.79. The fourth-order valence-electron chi connectivity index (χ4n) is 2.42. The maximum absolute atomic E-state index is 12.7. The number of anilines is 1. The average molecular weight is 313 g/mol. The summed E-state index contributed by atoms with van der Waals surface area (Å²) in [6.07, 6.45) is 3.26. The highest BCUT2D eigenvalue weighted by atomic mass is 16.3. The van der Waals surface area contributed by atoms with Crippen LogP contribution in [0.3, 0.4) is 0 Å². The number of carbonyl (C=O) groups is 1. The number of rotatable bonds is 6. The van der Waals surface area contributed by atoms with Crippen LogP contribution in [0.15, 0.2) is 54.9 Å². The van der Waals surface area contributed by atoms with E-state index in [2.05, 4.69) is 10.3 Å². The molecule has 1 aromatic heterocycles. The molecule has 0 radical (unpaired) electrons. The van der Waals surface area contributed by atoms with Crippen molar-refractivity contribution in [2.24, 2.45) is 5.92 Å². The highest BCUT2D eigenvalue weighted by molar-refractivity contribution is 5.89. The first kappa shape index (κ1) is 17.0. The number of benzene rings is 1. The number of carbonyl (C=O) groups excluding carboxylic acids is 1. The lowest BCUT2D eigenvalue weighted by molar-refractivity contribution is 0.110. The number of amides is 2. The second kappa shape index (κ2) is 8.29. The molecule has 0 spiro atoms. The molecular weight excluding hydrogens is 290 g/mol. The number of hydrogen-bond acceptors (Lipinski definition) is 3. The molecule has 0 aliphatic carbocycles. The molecule has 0 aliphatic rings. The smallest absolute Gasteiger partial charge is 0.322 e. The Morgan fingerprint density at radius 1 is 1.17 bits per heavy atom. The van der Waals surface area contributed by atoms with E-state index in [9.17, 15) is 9.90 Å². The van der Waals surface area contributed by atoms with Crippen molar-refractivity contribution >= 4 is 11.7 Å². The Hall–Kier alpha value is -2.40. The maximum Gasteiger partial charge on any atom is 0.322 e. The second-order valence-electron chi connectivity index (χ2n) is 5.77. The molecular formula is C18H23N3O2. The van der Waals surface area contributed by atoms with Gasteiger partial charge in [0.25, 0.3) is 0 Å². The number of urea groups is 1. The molecule has 1 aromatic carbocycles. The highest BCUT2D eigenvalue weighted by Gasteiger charge is 2.26. The van der Waals surface area contributed by atoms with E-state index in [0.717, 1.165) is 5.56 Å². The Morgan fingerprint density at radius 2 is 1.83 bits per heavy atom. The lowest BCUT2D eigenvalue weighted by Gasteiger charge is -2.33. The molecule has 2 N–H and O–H groups in total. The van der Waals surface area contributed by atoms with Crippen LogP contribution in [0.25, 0.3) is 0 Å². The van der Waals surface area contributed by atoms with Gasteiger partial charge in [0.2, 0.25) is 0 Å². The second-order valence-corrected chi connectivity index (χ2v) is 5.77. The van der Waals surface area contributed by atoms with Gasteiger partial charge in [-0.1, -0.05) is 44.2 Å². The summed E-state index contributed by atoms with van der Waals surface area (Å²) in [5, 5.41) is 12.6. The monoisotopic (exact) mass is 313 g/mol. The lowest BCUT2D eigenvalue weighted by Crippen LogP contribution is -2.47. The van der Waals surface area contributed by atoms with Gasteiger partial charge >= 0.3 is 6.03 Å². The zero-order valence-electron chi connectivity index (χ0n) is 13.5. The molecule has 2 amide bonds. The van der Waals surface area contributed by atoms with Gasteiger partial charge in [-0.3, -0.25) is 4.98 Å². The van der Waals surface area contributed by atoms with Crippen molar-refractivity contribution in [2.45, 2.75) is 26.4 Å². The fourth-order valence-corrected chi connectivity index (χ4v) is 2.42. The number of aliphatic hydroxyl groups excluding tert-OH is 1. The molecule has 0 aliphatic heterocycles. The molecule has 1 atom stereocenters. The summed E-state index contributed by atoms with van der Waals surface area (Å²) < 4.78 is 0. The van der Waals surface area contributed by atoms with Crippen LogP contribution in [0, 0.1) is 5.92 Å². The molecule has 1 unspecified atom stereocenters. The average Bonchev–Trinajstić information content (AvgIpc) is 2.56. The maximum atomic E-state index is 12.7. The zero-order chi connectivity index (χ0) is 16.7. The van der Waals surface area contributed by atoms with E-state index in [1.807, 2.05) is 44.2 Å². The zero-order valence-corrected chi connectivity index (χ0v) is 13.5. The largest absolute Gasteiger partial charge is 0.394 e. The summed E-state index contributed by atoms with van der Waals surface area (Å²) in [5.74, 6) is 0.145. The van der Waals surface area contributed by atoms with Crippen LogP contribution in [0.4, 0.5) is 10.5 Å². The minimum absolute atomic E-state index is 0.0751. The van der Waals surface area contributed by atoms with Gasteiger partial charge in [-0.2, -0.15) is 0 Å². The van der Waals surface area contributed by atoms with E-state index in [0.29, 0.717) is 12.2 Å². The standard InChI is InChI=1S/C18H23N3O2/c1-14(2)17(13-22)21(12-15-6-4-3-5-7-15)18(23)20-16-8-10-19-11-9-16/h3-11,14,17,22H,12-13H2,1-2H3,(H,19,20,23). The molecule has 0 bridgehead atoms. The van der Waals surface area contributed by atoms with Gasteiger partial charge in [0, 0.05) is 24.6 Å². The van der Waals surface area contributed by atoms with Crippen LogP contribution >= 0.6 is 0 Å². The third-order valence-electron chi connectivity index (χ3n) is 3.75. The first-order valence-electron chi connectivity index (χ1n) is 7.74. The molecule has 2 rings (SSSR count). The number of pyridine rings is 1. The Kier molecular flexibility index (Phi) is 6.11. The minimum atomic E-state index is -0.253. The van der Waals surface area contributed by atoms with Crippen molar-refractivity contribution in [3.05, 3.63) is 60.4 Å². The van der Waals surface area contributed by atoms with Crippen molar-refractivity contribution in [1.29, 1.82) is 0 Å². The van der Waals surface area contributed by atoms with Gasteiger partial charge in [-0.25, -0.2) is 4.79 Å². The van der Waals surface area contributed by atoms with Gasteiger partial charge in [-0.15, -0.1) is 0 Å². The summed E-state index contributed by atoms with van der Waals surface area (Å²) >= 11 is 0. The van der Waals surface area contributed by atoms with Crippen molar-refractivity contribution in [3.8, 4) is 0 Å². The van der Waals surface area contributed by atoms with E-state index >= 15 is 0 Å². The predicted octanol–water partition coefficient (Wildman–Crippen LogP) is 3.13.